The molecule has 0 aliphatic rings. The lowest BCUT2D eigenvalue weighted by molar-refractivity contribution is -0.115. The average molecular weight is 372 g/mol. The highest BCUT2D eigenvalue weighted by molar-refractivity contribution is 6.31. The molecule has 0 fully saturated rings. The number of carbonyl (C=O) groups is 1. The topological polar surface area (TPSA) is 92.7 Å². The first-order valence-electron chi connectivity index (χ1n) is 8.03. The summed E-state index contributed by atoms with van der Waals surface area (Å²) in [4.78, 5) is 31.5. The van der Waals surface area contributed by atoms with Crippen molar-refractivity contribution in [3.05, 3.63) is 68.2 Å². The third-order valence-electron chi connectivity index (χ3n) is 3.99. The summed E-state index contributed by atoms with van der Waals surface area (Å²) in [6.07, 6.45) is 0.126. The Labute approximate surface area is 155 Å². The summed E-state index contributed by atoms with van der Waals surface area (Å²) in [5.74, 6) is 0.427. The van der Waals surface area contributed by atoms with Gasteiger partial charge in [0.15, 0.2) is 0 Å². The van der Waals surface area contributed by atoms with E-state index in [1.54, 1.807) is 39.0 Å². The lowest BCUT2D eigenvalue weighted by atomic mass is 10.1. The predicted octanol–water partition coefficient (Wildman–Crippen LogP) is 2.72. The van der Waals surface area contributed by atoms with Crippen LogP contribution in [0.15, 0.2) is 35.1 Å². The van der Waals surface area contributed by atoms with E-state index in [-0.39, 0.29) is 23.8 Å². The maximum absolute atomic E-state index is 12.4. The number of H-pyrrole nitrogens is 1. The molecule has 7 nitrogen and oxygen atoms in total. The number of anilines is 1. The van der Waals surface area contributed by atoms with Crippen LogP contribution in [0.5, 0.6) is 0 Å². The second-order valence-electron chi connectivity index (χ2n) is 6.00. The Kier molecular flexibility index (Phi) is 4.90. The van der Waals surface area contributed by atoms with Gasteiger partial charge in [-0.25, -0.2) is 4.98 Å². The Morgan fingerprint density at radius 1 is 1.27 bits per heavy atom. The van der Waals surface area contributed by atoms with E-state index in [0.29, 0.717) is 27.8 Å². The van der Waals surface area contributed by atoms with E-state index in [9.17, 15) is 9.59 Å². The molecule has 0 atom stereocenters. The first-order valence-corrected chi connectivity index (χ1v) is 8.41. The predicted molar refractivity (Wildman–Crippen MR) is 100.0 cm³/mol. The Balaban J connectivity index is 1.89. The van der Waals surface area contributed by atoms with Crippen LogP contribution in [0.1, 0.15) is 22.5 Å². The monoisotopic (exact) mass is 371 g/mol. The van der Waals surface area contributed by atoms with E-state index in [0.717, 1.165) is 5.56 Å². The Morgan fingerprint density at radius 2 is 2.00 bits per heavy atom. The van der Waals surface area contributed by atoms with Crippen LogP contribution in [0.4, 0.5) is 5.82 Å². The molecule has 0 aliphatic carbocycles. The molecule has 134 valence electrons. The Hall–Kier alpha value is -2.93. The van der Waals surface area contributed by atoms with E-state index < -0.39 is 0 Å². The van der Waals surface area contributed by atoms with Crippen LogP contribution in [0, 0.1) is 20.8 Å². The van der Waals surface area contributed by atoms with Crippen molar-refractivity contribution in [2.45, 2.75) is 27.2 Å². The van der Waals surface area contributed by atoms with Crippen molar-refractivity contribution in [3.63, 3.8) is 0 Å². The van der Waals surface area contributed by atoms with Crippen LogP contribution in [-0.2, 0) is 11.2 Å². The van der Waals surface area contributed by atoms with Crippen molar-refractivity contribution >= 4 is 23.3 Å². The highest BCUT2D eigenvalue weighted by atomic mass is 35.5. The third-order valence-corrected chi connectivity index (χ3v) is 4.36. The summed E-state index contributed by atoms with van der Waals surface area (Å²) in [7, 11) is 0. The molecule has 0 saturated heterocycles. The molecule has 1 amide bonds. The maximum atomic E-state index is 12.4. The van der Waals surface area contributed by atoms with Gasteiger partial charge in [-0.2, -0.15) is 9.78 Å². The highest BCUT2D eigenvalue weighted by Crippen LogP contribution is 2.18. The molecule has 1 aromatic carbocycles. The van der Waals surface area contributed by atoms with Crippen molar-refractivity contribution in [1.29, 1.82) is 0 Å². The first kappa shape index (κ1) is 17.9. The molecule has 26 heavy (non-hydrogen) atoms. The fraction of sp³-hybridized carbons (Fsp3) is 0.222. The summed E-state index contributed by atoms with van der Waals surface area (Å²) in [6.45, 7) is 5.24. The zero-order valence-electron chi connectivity index (χ0n) is 14.6. The average Bonchev–Trinajstić information content (AvgIpc) is 2.94. The van der Waals surface area contributed by atoms with E-state index in [1.165, 1.54) is 4.68 Å². The Bertz CT molecular complexity index is 1040. The lowest BCUT2D eigenvalue weighted by Crippen LogP contribution is -2.21. The molecule has 0 radical (unpaired) electrons. The van der Waals surface area contributed by atoms with Crippen LogP contribution in [0.3, 0.4) is 0 Å². The van der Waals surface area contributed by atoms with Crippen molar-refractivity contribution in [3.8, 4) is 5.95 Å². The van der Waals surface area contributed by atoms with Crippen molar-refractivity contribution in [1.82, 2.24) is 19.7 Å². The van der Waals surface area contributed by atoms with Gasteiger partial charge in [-0.05, 0) is 32.4 Å². The number of aryl methyl sites for hydroxylation is 2. The molecule has 0 spiro atoms. The van der Waals surface area contributed by atoms with Gasteiger partial charge in [0, 0.05) is 22.3 Å². The number of nitrogens with one attached hydrogen (secondary N) is 2. The van der Waals surface area contributed by atoms with Crippen LogP contribution in [0.2, 0.25) is 5.02 Å². The molecule has 0 saturated carbocycles. The van der Waals surface area contributed by atoms with Gasteiger partial charge in [0.1, 0.15) is 5.82 Å². The molecule has 3 aromatic rings. The number of aromatic amines is 1. The molecular weight excluding hydrogens is 354 g/mol. The first-order chi connectivity index (χ1) is 12.3. The SMILES string of the molecule is Cc1cc(NC(=O)Cc2ccccc2Cl)n(-c2nc(C)c(C)c(=O)[nH]2)n1. The van der Waals surface area contributed by atoms with E-state index >= 15 is 0 Å². The number of amides is 1. The number of carbonyl (C=O) groups excluding carboxylic acids is 1. The lowest BCUT2D eigenvalue weighted by Gasteiger charge is -2.10. The second kappa shape index (κ2) is 7.13. The van der Waals surface area contributed by atoms with E-state index in [4.69, 9.17) is 11.6 Å². The van der Waals surface area contributed by atoms with Crippen molar-refractivity contribution in [2.75, 3.05) is 5.32 Å². The fourth-order valence-electron chi connectivity index (χ4n) is 2.48. The van der Waals surface area contributed by atoms with Gasteiger partial charge in [-0.15, -0.1) is 0 Å². The quantitative estimate of drug-likeness (QED) is 0.737. The summed E-state index contributed by atoms with van der Waals surface area (Å²) < 4.78 is 1.41. The van der Waals surface area contributed by atoms with Crippen LogP contribution in [0.25, 0.3) is 5.95 Å². The zero-order chi connectivity index (χ0) is 18.8. The molecule has 2 heterocycles. The maximum Gasteiger partial charge on any atom is 0.255 e. The second-order valence-corrected chi connectivity index (χ2v) is 6.41. The number of aromatic nitrogens is 4. The summed E-state index contributed by atoms with van der Waals surface area (Å²) in [6, 6.07) is 8.88. The summed E-state index contributed by atoms with van der Waals surface area (Å²) in [5, 5.41) is 7.65. The van der Waals surface area contributed by atoms with E-state index in [2.05, 4.69) is 20.4 Å². The van der Waals surface area contributed by atoms with Gasteiger partial charge in [-0.1, -0.05) is 29.8 Å². The number of nitrogens with zero attached hydrogens (tertiary/aromatic N) is 3. The third kappa shape index (κ3) is 3.67. The standard InChI is InChI=1S/C18H18ClN5O2/c1-10-8-15(21-16(25)9-13-6-4-5-7-14(13)19)24(23-10)18-20-12(3)11(2)17(26)22-18/h4-8H,9H2,1-3H3,(H,21,25)(H,20,22,26). The minimum Gasteiger partial charge on any atom is -0.310 e. The summed E-state index contributed by atoms with van der Waals surface area (Å²) >= 11 is 6.10. The van der Waals surface area contributed by atoms with Crippen molar-refractivity contribution < 1.29 is 4.79 Å². The largest absolute Gasteiger partial charge is 0.310 e. The highest BCUT2D eigenvalue weighted by Gasteiger charge is 2.15. The van der Waals surface area contributed by atoms with Gasteiger partial charge in [0.25, 0.3) is 5.56 Å². The number of hydrogen-bond donors (Lipinski definition) is 2. The number of halogens is 1. The van der Waals surface area contributed by atoms with Gasteiger partial charge >= 0.3 is 0 Å². The molecule has 2 aromatic heterocycles. The minimum atomic E-state index is -0.245. The van der Waals surface area contributed by atoms with Gasteiger partial charge in [0.05, 0.1) is 12.1 Å². The van der Waals surface area contributed by atoms with Gasteiger partial charge in [-0.3, -0.25) is 14.6 Å². The number of hydrogen-bond acceptors (Lipinski definition) is 4. The van der Waals surface area contributed by atoms with Crippen LogP contribution >= 0.6 is 11.6 Å². The zero-order valence-corrected chi connectivity index (χ0v) is 15.4. The van der Waals surface area contributed by atoms with Gasteiger partial charge < -0.3 is 5.32 Å². The van der Waals surface area contributed by atoms with Crippen LogP contribution in [-0.4, -0.2) is 25.7 Å². The molecular formula is C18H18ClN5O2. The van der Waals surface area contributed by atoms with E-state index in [1.807, 2.05) is 12.1 Å². The Morgan fingerprint density at radius 3 is 2.69 bits per heavy atom. The van der Waals surface area contributed by atoms with Gasteiger partial charge in [0.2, 0.25) is 11.9 Å². The molecule has 2 N–H and O–H groups in total. The molecule has 8 heteroatoms. The van der Waals surface area contributed by atoms with Crippen molar-refractivity contribution in [2.24, 2.45) is 0 Å². The van der Waals surface area contributed by atoms with Crippen LogP contribution < -0.4 is 10.9 Å². The number of rotatable bonds is 4. The smallest absolute Gasteiger partial charge is 0.255 e. The molecule has 0 unspecified atom stereocenters. The summed E-state index contributed by atoms with van der Waals surface area (Å²) in [5.41, 5.74) is 2.31. The molecule has 3 rings (SSSR count). The minimum absolute atomic E-state index is 0.126. The fourth-order valence-corrected chi connectivity index (χ4v) is 2.68. The normalized spacial score (nSPS) is 10.8. The molecule has 0 bridgehead atoms. The number of benzene rings is 1. The molecule has 0 aliphatic heterocycles.